The summed E-state index contributed by atoms with van der Waals surface area (Å²) in [6, 6.07) is 4.02. The molecule has 0 aliphatic heterocycles. The predicted molar refractivity (Wildman–Crippen MR) is 75.5 cm³/mol. The van der Waals surface area contributed by atoms with Crippen LogP contribution in [0.2, 0.25) is 0 Å². The maximum atomic E-state index is 14.1. The molecule has 1 heterocycles. The molecule has 0 N–H and O–H groups in total. The first-order valence-corrected chi connectivity index (χ1v) is 7.28. The van der Waals surface area contributed by atoms with Gasteiger partial charge >= 0.3 is 0 Å². The van der Waals surface area contributed by atoms with Crippen LogP contribution >= 0.6 is 11.3 Å². The Hall–Kier alpha value is -1.09. The molecule has 0 bridgehead atoms. The Kier molecular flexibility index (Phi) is 4.59. The molecule has 1 nitrogen and oxygen atoms in total. The molecule has 98 valence electrons. The smallest absolute Gasteiger partial charge is 0.133 e. The van der Waals surface area contributed by atoms with Gasteiger partial charge < -0.3 is 4.74 Å². The van der Waals surface area contributed by atoms with Gasteiger partial charge in [0, 0.05) is 21.7 Å². The van der Waals surface area contributed by atoms with Gasteiger partial charge in [-0.3, -0.25) is 0 Å². The van der Waals surface area contributed by atoms with E-state index in [1.165, 1.54) is 4.88 Å². The van der Waals surface area contributed by atoms with E-state index in [9.17, 15) is 4.39 Å². The number of rotatable bonds is 5. The van der Waals surface area contributed by atoms with Gasteiger partial charge in [-0.05, 0) is 31.6 Å². The second kappa shape index (κ2) is 6.19. The van der Waals surface area contributed by atoms with E-state index < -0.39 is 6.17 Å². The largest absolute Gasteiger partial charge is 0.493 e. The molecule has 0 radical (unpaired) electrons. The standard InChI is InChI=1S/C15H19FOS/c1-3-4-10-17-13-7-5-6-12(16)15(13)14-9-8-11(2)18-14/h5,7-9,12H,3-4,6,10H2,1-2H3. The van der Waals surface area contributed by atoms with Gasteiger partial charge in [0.05, 0.1) is 6.61 Å². The van der Waals surface area contributed by atoms with E-state index in [1.807, 2.05) is 31.2 Å². The van der Waals surface area contributed by atoms with Crippen molar-refractivity contribution in [3.8, 4) is 0 Å². The van der Waals surface area contributed by atoms with Crippen molar-refractivity contribution in [1.29, 1.82) is 0 Å². The maximum absolute atomic E-state index is 14.1. The molecule has 3 heteroatoms. The summed E-state index contributed by atoms with van der Waals surface area (Å²) in [5.74, 6) is 0.712. The van der Waals surface area contributed by atoms with Gasteiger partial charge in [-0.1, -0.05) is 19.4 Å². The van der Waals surface area contributed by atoms with Crippen LogP contribution in [0.15, 0.2) is 30.0 Å². The lowest BCUT2D eigenvalue weighted by Crippen LogP contribution is -2.10. The van der Waals surface area contributed by atoms with E-state index in [1.54, 1.807) is 11.3 Å². The third kappa shape index (κ3) is 3.02. The first kappa shape index (κ1) is 13.3. The molecule has 1 aliphatic carbocycles. The quantitative estimate of drug-likeness (QED) is 0.690. The monoisotopic (exact) mass is 266 g/mol. The lowest BCUT2D eigenvalue weighted by atomic mass is 10.00. The Balaban J connectivity index is 2.25. The lowest BCUT2D eigenvalue weighted by Gasteiger charge is -2.19. The Morgan fingerprint density at radius 2 is 2.28 bits per heavy atom. The van der Waals surface area contributed by atoms with Crippen LogP contribution < -0.4 is 0 Å². The summed E-state index contributed by atoms with van der Waals surface area (Å²) in [5, 5.41) is 0. The van der Waals surface area contributed by atoms with E-state index in [0.29, 0.717) is 18.8 Å². The number of halogens is 1. The van der Waals surface area contributed by atoms with Crippen LogP contribution in [-0.2, 0) is 4.74 Å². The average Bonchev–Trinajstić information content (AvgIpc) is 2.76. The third-order valence-corrected chi connectivity index (χ3v) is 3.99. The zero-order valence-corrected chi connectivity index (χ0v) is 11.7. The van der Waals surface area contributed by atoms with Crippen molar-refractivity contribution < 1.29 is 9.13 Å². The number of hydrogen-bond donors (Lipinski definition) is 0. The highest BCUT2D eigenvalue weighted by Crippen LogP contribution is 2.35. The third-order valence-electron chi connectivity index (χ3n) is 2.95. The van der Waals surface area contributed by atoms with Crippen molar-refractivity contribution >= 4 is 16.9 Å². The molecule has 1 aromatic heterocycles. The Morgan fingerprint density at radius 3 is 2.94 bits per heavy atom. The summed E-state index contributed by atoms with van der Waals surface area (Å²) >= 11 is 1.63. The Morgan fingerprint density at radius 1 is 1.44 bits per heavy atom. The normalized spacial score (nSPS) is 19.4. The second-order valence-corrected chi connectivity index (χ2v) is 5.78. The molecule has 0 saturated heterocycles. The zero-order valence-electron chi connectivity index (χ0n) is 10.9. The lowest BCUT2D eigenvalue weighted by molar-refractivity contribution is 0.215. The van der Waals surface area contributed by atoms with Crippen molar-refractivity contribution in [3.63, 3.8) is 0 Å². The highest BCUT2D eigenvalue weighted by molar-refractivity contribution is 7.13. The van der Waals surface area contributed by atoms with Crippen LogP contribution in [0.3, 0.4) is 0 Å². The van der Waals surface area contributed by atoms with Gasteiger partial charge in [0.15, 0.2) is 0 Å². The van der Waals surface area contributed by atoms with Crippen molar-refractivity contribution in [1.82, 2.24) is 0 Å². The fourth-order valence-electron chi connectivity index (χ4n) is 1.96. The van der Waals surface area contributed by atoms with Crippen LogP contribution in [-0.4, -0.2) is 12.8 Å². The fourth-order valence-corrected chi connectivity index (χ4v) is 2.92. The summed E-state index contributed by atoms with van der Waals surface area (Å²) in [7, 11) is 0. The molecule has 1 unspecified atom stereocenters. The molecule has 0 amide bonds. The Labute approximate surface area is 112 Å². The first-order chi connectivity index (χ1) is 8.72. The molecular formula is C15H19FOS. The van der Waals surface area contributed by atoms with Crippen LogP contribution in [0, 0.1) is 6.92 Å². The SMILES string of the molecule is CCCCOC1=C(c2ccc(C)s2)C(F)CC=C1. The van der Waals surface area contributed by atoms with E-state index in [-0.39, 0.29) is 0 Å². The van der Waals surface area contributed by atoms with Crippen LogP contribution in [0.1, 0.15) is 35.9 Å². The summed E-state index contributed by atoms with van der Waals surface area (Å²) in [6.45, 7) is 4.82. The zero-order chi connectivity index (χ0) is 13.0. The van der Waals surface area contributed by atoms with Crippen molar-refractivity contribution in [2.24, 2.45) is 0 Å². The molecule has 1 atom stereocenters. The van der Waals surface area contributed by atoms with E-state index >= 15 is 0 Å². The van der Waals surface area contributed by atoms with Crippen LogP contribution in [0.5, 0.6) is 0 Å². The van der Waals surface area contributed by atoms with E-state index in [0.717, 1.165) is 23.3 Å². The average molecular weight is 266 g/mol. The van der Waals surface area contributed by atoms with E-state index in [2.05, 4.69) is 6.92 Å². The minimum Gasteiger partial charge on any atom is -0.493 e. The predicted octanol–water partition coefficient (Wildman–Crippen LogP) is 4.88. The van der Waals surface area contributed by atoms with Gasteiger partial charge in [0.1, 0.15) is 11.9 Å². The van der Waals surface area contributed by atoms with Crippen molar-refractivity contribution in [2.45, 2.75) is 39.3 Å². The van der Waals surface area contributed by atoms with Crippen LogP contribution in [0.25, 0.3) is 5.57 Å². The molecule has 0 saturated carbocycles. The molecule has 0 aromatic carbocycles. The molecule has 0 spiro atoms. The number of ether oxygens (including phenoxy) is 1. The Bertz CT molecular complexity index is 459. The number of thiophene rings is 1. The highest BCUT2D eigenvalue weighted by Gasteiger charge is 2.23. The fraction of sp³-hybridized carbons (Fsp3) is 0.467. The van der Waals surface area contributed by atoms with Crippen molar-refractivity contribution in [2.75, 3.05) is 6.61 Å². The van der Waals surface area contributed by atoms with Gasteiger partial charge in [-0.15, -0.1) is 11.3 Å². The number of alkyl halides is 1. The topological polar surface area (TPSA) is 9.23 Å². The summed E-state index contributed by atoms with van der Waals surface area (Å²) < 4.78 is 19.8. The minimum atomic E-state index is -0.940. The van der Waals surface area contributed by atoms with Gasteiger partial charge in [-0.2, -0.15) is 0 Å². The second-order valence-electron chi connectivity index (χ2n) is 4.50. The highest BCUT2D eigenvalue weighted by atomic mass is 32.1. The molecule has 0 fully saturated rings. The number of hydrogen-bond acceptors (Lipinski definition) is 2. The first-order valence-electron chi connectivity index (χ1n) is 6.46. The molecule has 2 rings (SSSR count). The van der Waals surface area contributed by atoms with Crippen molar-refractivity contribution in [3.05, 3.63) is 39.8 Å². The summed E-state index contributed by atoms with van der Waals surface area (Å²) in [5.41, 5.74) is 0.728. The van der Waals surface area contributed by atoms with E-state index in [4.69, 9.17) is 4.74 Å². The minimum absolute atomic E-state index is 0.451. The van der Waals surface area contributed by atoms with Crippen LogP contribution in [0.4, 0.5) is 4.39 Å². The molecule has 18 heavy (non-hydrogen) atoms. The van der Waals surface area contributed by atoms with Gasteiger partial charge in [0.25, 0.3) is 0 Å². The number of unbranched alkanes of at least 4 members (excludes halogenated alkanes) is 1. The summed E-state index contributed by atoms with van der Waals surface area (Å²) in [6.07, 6.45) is 5.37. The maximum Gasteiger partial charge on any atom is 0.133 e. The van der Waals surface area contributed by atoms with Gasteiger partial charge in [0.2, 0.25) is 0 Å². The summed E-state index contributed by atoms with van der Waals surface area (Å²) in [4.78, 5) is 2.20. The number of aryl methyl sites for hydroxylation is 1. The molecule has 1 aliphatic rings. The molecular weight excluding hydrogens is 247 g/mol. The molecule has 1 aromatic rings. The van der Waals surface area contributed by atoms with Gasteiger partial charge in [-0.25, -0.2) is 4.39 Å². The number of allylic oxidation sites excluding steroid dienone is 3.